The number of fused-ring (bicyclic) bond motifs is 2. The van der Waals surface area contributed by atoms with Crippen LogP contribution in [0.15, 0.2) is 36.4 Å². The lowest BCUT2D eigenvalue weighted by Crippen LogP contribution is -2.43. The van der Waals surface area contributed by atoms with Crippen LogP contribution in [0.3, 0.4) is 0 Å². The summed E-state index contributed by atoms with van der Waals surface area (Å²) in [6.07, 6.45) is 1.85. The molecule has 0 radical (unpaired) electrons. The summed E-state index contributed by atoms with van der Waals surface area (Å²) < 4.78 is 41.0. The van der Waals surface area contributed by atoms with Crippen molar-refractivity contribution in [2.24, 2.45) is 16.7 Å². The highest BCUT2D eigenvalue weighted by molar-refractivity contribution is 7.92. The predicted molar refractivity (Wildman–Crippen MR) is 144 cm³/mol. The second-order valence-electron chi connectivity index (χ2n) is 10.2. The van der Waals surface area contributed by atoms with E-state index in [1.54, 1.807) is 38.1 Å². The topological polar surface area (TPSA) is 111 Å². The summed E-state index contributed by atoms with van der Waals surface area (Å²) in [7, 11) is -3.93. The van der Waals surface area contributed by atoms with Gasteiger partial charge in [-0.25, -0.2) is 8.42 Å². The van der Waals surface area contributed by atoms with Crippen molar-refractivity contribution in [2.45, 2.75) is 47.0 Å². The number of sulfonamides is 1. The van der Waals surface area contributed by atoms with Gasteiger partial charge in [-0.2, -0.15) is 0 Å². The van der Waals surface area contributed by atoms with Gasteiger partial charge in [0.25, 0.3) is 5.91 Å². The molecule has 2 fully saturated rings. The average Bonchev–Trinajstić information content (AvgIpc) is 3.16. The molecule has 0 heterocycles. The third-order valence-corrected chi connectivity index (χ3v) is 9.62. The Bertz CT molecular complexity index is 1330. The first-order valence-electron chi connectivity index (χ1n) is 12.5. The molecule has 0 aliphatic heterocycles. The number of Topliss-reactive ketones (excluding diaryl/α,β-unsaturated/α-hetero) is 1. The van der Waals surface area contributed by atoms with Gasteiger partial charge in [0, 0.05) is 18.6 Å². The van der Waals surface area contributed by atoms with E-state index in [9.17, 15) is 18.0 Å². The first-order chi connectivity index (χ1) is 17.4. The number of ketones is 1. The van der Waals surface area contributed by atoms with Gasteiger partial charge in [-0.3, -0.25) is 14.3 Å². The second-order valence-corrected chi connectivity index (χ2v) is 12.3. The highest BCUT2D eigenvalue weighted by atomic mass is 35.5. The largest absolute Gasteiger partial charge is 0.492 e. The van der Waals surface area contributed by atoms with E-state index in [1.165, 1.54) is 12.1 Å². The molecule has 37 heavy (non-hydrogen) atoms. The lowest BCUT2D eigenvalue weighted by atomic mass is 9.70. The number of nitrogens with one attached hydrogen (secondary N) is 2. The zero-order valence-corrected chi connectivity index (χ0v) is 23.1. The molecule has 2 aromatic carbocycles. The molecule has 0 saturated heterocycles. The Kier molecular flexibility index (Phi) is 7.50. The van der Waals surface area contributed by atoms with Crippen LogP contribution in [0.2, 0.25) is 5.02 Å². The Hall–Kier alpha value is -2.78. The molecule has 1 amide bonds. The van der Waals surface area contributed by atoms with Gasteiger partial charge < -0.3 is 14.8 Å². The molecular formula is C27H33ClN2O6S. The van der Waals surface area contributed by atoms with Crippen LogP contribution >= 0.6 is 11.6 Å². The highest BCUT2D eigenvalue weighted by Gasteiger charge is 2.65. The standard InChI is InChI=1S/C27H33ClN2O6S/c1-5-35-22-15-21(30-37(33,34)16-27-12-11-17(13-24(27)31)26(27,3)4)23(36-6-2)14-20(22)29-25(32)18-9-7-8-10-19(18)28/h7-10,14-15,17,30H,5-6,11-13,16H2,1-4H3,(H,29,32)/t17-,27+/m0/s1. The van der Waals surface area contributed by atoms with Crippen molar-refractivity contribution in [3.8, 4) is 11.5 Å². The molecule has 2 atom stereocenters. The summed E-state index contributed by atoms with van der Waals surface area (Å²) in [5.74, 6) is -0.0120. The van der Waals surface area contributed by atoms with Crippen molar-refractivity contribution in [1.29, 1.82) is 0 Å². The predicted octanol–water partition coefficient (Wildman–Crippen LogP) is 5.53. The van der Waals surface area contributed by atoms with Crippen molar-refractivity contribution in [3.63, 3.8) is 0 Å². The van der Waals surface area contributed by atoms with Crippen LogP contribution in [0.5, 0.6) is 11.5 Å². The molecule has 10 heteroatoms. The summed E-state index contributed by atoms with van der Waals surface area (Å²) in [5.41, 5.74) is -0.517. The van der Waals surface area contributed by atoms with Crippen LogP contribution in [0.25, 0.3) is 0 Å². The van der Waals surface area contributed by atoms with Crippen LogP contribution in [0.4, 0.5) is 11.4 Å². The van der Waals surface area contributed by atoms with Gasteiger partial charge in [0.15, 0.2) is 0 Å². The van der Waals surface area contributed by atoms with E-state index in [1.807, 2.05) is 13.8 Å². The first kappa shape index (κ1) is 27.3. The minimum absolute atomic E-state index is 0.0248. The summed E-state index contributed by atoms with van der Waals surface area (Å²) >= 11 is 6.17. The van der Waals surface area contributed by atoms with E-state index in [0.29, 0.717) is 23.6 Å². The molecule has 0 aromatic heterocycles. The fraction of sp³-hybridized carbons (Fsp3) is 0.481. The quantitative estimate of drug-likeness (QED) is 0.404. The third-order valence-electron chi connectivity index (χ3n) is 7.89. The molecule has 2 aliphatic rings. The van der Waals surface area contributed by atoms with Crippen LogP contribution in [-0.4, -0.2) is 39.1 Å². The number of halogens is 1. The van der Waals surface area contributed by atoms with Gasteiger partial charge in [0.05, 0.1) is 46.3 Å². The number of amides is 1. The zero-order chi connectivity index (χ0) is 27.0. The fourth-order valence-corrected chi connectivity index (χ4v) is 7.87. The van der Waals surface area contributed by atoms with Crippen LogP contribution in [0.1, 0.15) is 57.3 Å². The molecule has 2 N–H and O–H groups in total. The third kappa shape index (κ3) is 5.03. The number of anilines is 2. The van der Waals surface area contributed by atoms with Crippen molar-refractivity contribution in [2.75, 3.05) is 29.0 Å². The Labute approximate surface area is 223 Å². The van der Waals surface area contributed by atoms with Crippen molar-refractivity contribution in [1.82, 2.24) is 0 Å². The highest BCUT2D eigenvalue weighted by Crippen LogP contribution is 2.64. The maximum atomic E-state index is 13.4. The number of carbonyl (C=O) groups is 2. The molecule has 0 unspecified atom stereocenters. The van der Waals surface area contributed by atoms with Crippen LogP contribution < -0.4 is 19.5 Å². The number of carbonyl (C=O) groups excluding carboxylic acids is 2. The maximum absolute atomic E-state index is 13.4. The summed E-state index contributed by atoms with van der Waals surface area (Å²) in [5, 5.41) is 3.08. The number of ether oxygens (including phenoxy) is 2. The summed E-state index contributed by atoms with van der Waals surface area (Å²) in [4.78, 5) is 25.8. The average molecular weight is 549 g/mol. The summed E-state index contributed by atoms with van der Waals surface area (Å²) in [6.45, 7) is 8.10. The van der Waals surface area contributed by atoms with Gasteiger partial charge in [0.1, 0.15) is 17.3 Å². The number of benzene rings is 2. The molecule has 2 bridgehead atoms. The smallest absolute Gasteiger partial charge is 0.257 e. The normalized spacial score (nSPS) is 22.1. The minimum atomic E-state index is -3.93. The monoisotopic (exact) mass is 548 g/mol. The fourth-order valence-electron chi connectivity index (χ4n) is 5.76. The van der Waals surface area contributed by atoms with Crippen molar-refractivity contribution in [3.05, 3.63) is 47.0 Å². The van der Waals surface area contributed by atoms with Crippen molar-refractivity contribution >= 4 is 44.7 Å². The Balaban J connectivity index is 1.66. The van der Waals surface area contributed by atoms with E-state index in [2.05, 4.69) is 10.0 Å². The molecule has 2 aliphatic carbocycles. The second kappa shape index (κ2) is 10.2. The van der Waals surface area contributed by atoms with E-state index in [-0.39, 0.29) is 58.8 Å². The molecule has 200 valence electrons. The van der Waals surface area contributed by atoms with Gasteiger partial charge in [-0.15, -0.1) is 0 Å². The van der Waals surface area contributed by atoms with Gasteiger partial charge in [0.2, 0.25) is 10.0 Å². The Morgan fingerprint density at radius 3 is 2.27 bits per heavy atom. The Morgan fingerprint density at radius 1 is 1.08 bits per heavy atom. The van der Waals surface area contributed by atoms with Gasteiger partial charge >= 0.3 is 0 Å². The molecule has 2 saturated carbocycles. The SMILES string of the molecule is CCOc1cc(NS(=O)(=O)C[C@]23CC[C@@H](CC2=O)C3(C)C)c(OCC)cc1NC(=O)c1ccccc1Cl. The lowest BCUT2D eigenvalue weighted by molar-refractivity contribution is -0.128. The van der Waals surface area contributed by atoms with Crippen molar-refractivity contribution < 1.29 is 27.5 Å². The number of hydrogen-bond acceptors (Lipinski definition) is 6. The van der Waals surface area contributed by atoms with E-state index in [0.717, 1.165) is 6.42 Å². The first-order valence-corrected chi connectivity index (χ1v) is 14.5. The number of rotatable bonds is 10. The summed E-state index contributed by atoms with van der Waals surface area (Å²) in [6, 6.07) is 9.66. The van der Waals surface area contributed by atoms with E-state index in [4.69, 9.17) is 21.1 Å². The number of hydrogen-bond donors (Lipinski definition) is 2. The van der Waals surface area contributed by atoms with Gasteiger partial charge in [-0.05, 0) is 50.2 Å². The van der Waals surface area contributed by atoms with E-state index >= 15 is 0 Å². The Morgan fingerprint density at radius 2 is 1.70 bits per heavy atom. The molecule has 8 nitrogen and oxygen atoms in total. The minimum Gasteiger partial charge on any atom is -0.492 e. The van der Waals surface area contributed by atoms with Crippen LogP contribution in [-0.2, 0) is 14.8 Å². The zero-order valence-electron chi connectivity index (χ0n) is 21.5. The lowest BCUT2D eigenvalue weighted by Gasteiger charge is -2.36. The van der Waals surface area contributed by atoms with E-state index < -0.39 is 21.3 Å². The molecule has 2 aromatic rings. The molecule has 0 spiro atoms. The van der Waals surface area contributed by atoms with Crippen LogP contribution in [0, 0.1) is 16.7 Å². The molecular weight excluding hydrogens is 516 g/mol. The maximum Gasteiger partial charge on any atom is 0.257 e. The van der Waals surface area contributed by atoms with Gasteiger partial charge in [-0.1, -0.05) is 37.6 Å². The molecule has 4 rings (SSSR count).